The van der Waals surface area contributed by atoms with Crippen molar-refractivity contribution < 1.29 is 0 Å². The number of nitrogens with zero attached hydrogens (tertiary/aromatic N) is 1. The van der Waals surface area contributed by atoms with Crippen LogP contribution in [0.3, 0.4) is 0 Å². The van der Waals surface area contributed by atoms with E-state index in [0.29, 0.717) is 18.7 Å². The predicted molar refractivity (Wildman–Crippen MR) is 53.4 cm³/mol. The molecule has 1 rings (SSSR count). The molecule has 3 heteroatoms. The van der Waals surface area contributed by atoms with Gasteiger partial charge < -0.3 is 11.1 Å². The Hall–Kier alpha value is -1.53. The van der Waals surface area contributed by atoms with E-state index in [2.05, 4.69) is 11.4 Å². The molecule has 0 saturated carbocycles. The van der Waals surface area contributed by atoms with Crippen molar-refractivity contribution in [3.8, 4) is 6.07 Å². The van der Waals surface area contributed by atoms with Gasteiger partial charge in [0.2, 0.25) is 0 Å². The molecule has 0 aliphatic heterocycles. The molecule has 0 atom stereocenters. The highest BCUT2D eigenvalue weighted by Gasteiger charge is 2.02. The molecule has 0 heterocycles. The monoisotopic (exact) mass is 175 g/mol. The number of benzene rings is 1. The van der Waals surface area contributed by atoms with Crippen molar-refractivity contribution in [2.45, 2.75) is 6.92 Å². The highest BCUT2D eigenvalue weighted by molar-refractivity contribution is 5.62. The first-order chi connectivity index (χ1) is 6.29. The van der Waals surface area contributed by atoms with E-state index < -0.39 is 0 Å². The third kappa shape index (κ3) is 2.20. The zero-order valence-electron chi connectivity index (χ0n) is 7.67. The molecule has 0 radical (unpaired) electrons. The van der Waals surface area contributed by atoms with Crippen molar-refractivity contribution in [2.24, 2.45) is 5.73 Å². The average molecular weight is 175 g/mol. The summed E-state index contributed by atoms with van der Waals surface area (Å²) in [5.74, 6) is 0. The van der Waals surface area contributed by atoms with Gasteiger partial charge in [-0.25, -0.2) is 0 Å². The second-order valence-electron chi connectivity index (χ2n) is 2.82. The van der Waals surface area contributed by atoms with Gasteiger partial charge >= 0.3 is 0 Å². The van der Waals surface area contributed by atoms with Crippen LogP contribution in [-0.4, -0.2) is 13.1 Å². The molecule has 0 spiro atoms. The molecule has 0 bridgehead atoms. The third-order valence-corrected chi connectivity index (χ3v) is 1.84. The lowest BCUT2D eigenvalue weighted by atomic mass is 10.1. The van der Waals surface area contributed by atoms with E-state index in [-0.39, 0.29) is 0 Å². The van der Waals surface area contributed by atoms with E-state index in [9.17, 15) is 0 Å². The molecule has 1 aromatic rings. The highest BCUT2D eigenvalue weighted by atomic mass is 14.9. The van der Waals surface area contributed by atoms with Gasteiger partial charge in [-0.3, -0.25) is 0 Å². The van der Waals surface area contributed by atoms with Crippen LogP contribution in [0, 0.1) is 18.3 Å². The Balaban J connectivity index is 2.95. The van der Waals surface area contributed by atoms with Gasteiger partial charge in [0.1, 0.15) is 6.07 Å². The van der Waals surface area contributed by atoms with Crippen LogP contribution in [0.5, 0.6) is 0 Å². The second kappa shape index (κ2) is 4.48. The number of aryl methyl sites for hydroxylation is 1. The number of para-hydroxylation sites is 1. The van der Waals surface area contributed by atoms with Crippen LogP contribution in [0.2, 0.25) is 0 Å². The number of nitrogens with one attached hydrogen (secondary N) is 1. The standard InChI is InChI=1S/C10H13N3/c1-8-3-2-4-9(7-12)10(8)13-6-5-11/h2-4,13H,5-6,11H2,1H3. The van der Waals surface area contributed by atoms with Crippen molar-refractivity contribution in [1.82, 2.24) is 0 Å². The molecule has 0 aromatic heterocycles. The van der Waals surface area contributed by atoms with Gasteiger partial charge in [-0.15, -0.1) is 0 Å². The molecule has 0 aliphatic carbocycles. The molecule has 0 unspecified atom stereocenters. The van der Waals surface area contributed by atoms with Gasteiger partial charge in [-0.1, -0.05) is 12.1 Å². The maximum Gasteiger partial charge on any atom is 0.101 e. The molecule has 0 saturated heterocycles. The Kier molecular flexibility index (Phi) is 3.30. The fourth-order valence-corrected chi connectivity index (χ4v) is 1.19. The number of anilines is 1. The molecule has 13 heavy (non-hydrogen) atoms. The minimum absolute atomic E-state index is 0.569. The van der Waals surface area contributed by atoms with Crippen LogP contribution in [0.4, 0.5) is 5.69 Å². The number of hydrogen-bond donors (Lipinski definition) is 2. The summed E-state index contributed by atoms with van der Waals surface area (Å²) in [4.78, 5) is 0. The Bertz CT molecular complexity index is 325. The number of nitrogens with two attached hydrogens (primary N) is 1. The van der Waals surface area contributed by atoms with Crippen molar-refractivity contribution in [1.29, 1.82) is 5.26 Å². The maximum absolute atomic E-state index is 8.82. The van der Waals surface area contributed by atoms with Gasteiger partial charge in [-0.2, -0.15) is 5.26 Å². The minimum Gasteiger partial charge on any atom is -0.382 e. The zero-order valence-corrected chi connectivity index (χ0v) is 7.67. The third-order valence-electron chi connectivity index (χ3n) is 1.84. The Morgan fingerprint density at radius 1 is 1.54 bits per heavy atom. The van der Waals surface area contributed by atoms with Crippen molar-refractivity contribution in [3.05, 3.63) is 29.3 Å². The molecular weight excluding hydrogens is 162 g/mol. The van der Waals surface area contributed by atoms with Crippen LogP contribution in [-0.2, 0) is 0 Å². The first-order valence-corrected chi connectivity index (χ1v) is 4.23. The van der Waals surface area contributed by atoms with Gasteiger partial charge in [0.15, 0.2) is 0 Å². The minimum atomic E-state index is 0.569. The predicted octanol–water partition coefficient (Wildman–Crippen LogP) is 1.24. The molecule has 68 valence electrons. The summed E-state index contributed by atoms with van der Waals surface area (Å²) in [5, 5.41) is 12.0. The molecule has 0 amide bonds. The summed E-state index contributed by atoms with van der Waals surface area (Å²) >= 11 is 0. The fourth-order valence-electron chi connectivity index (χ4n) is 1.19. The van der Waals surface area contributed by atoms with Crippen molar-refractivity contribution >= 4 is 5.69 Å². The average Bonchev–Trinajstić information content (AvgIpc) is 2.15. The molecular formula is C10H13N3. The topological polar surface area (TPSA) is 61.8 Å². The van der Waals surface area contributed by atoms with Crippen LogP contribution >= 0.6 is 0 Å². The first kappa shape index (κ1) is 9.56. The normalized spacial score (nSPS) is 9.31. The maximum atomic E-state index is 8.82. The largest absolute Gasteiger partial charge is 0.382 e. The van der Waals surface area contributed by atoms with Crippen molar-refractivity contribution in [2.75, 3.05) is 18.4 Å². The first-order valence-electron chi connectivity index (χ1n) is 4.23. The van der Waals surface area contributed by atoms with E-state index in [1.54, 1.807) is 6.07 Å². The fraction of sp³-hybridized carbons (Fsp3) is 0.300. The molecule has 1 aromatic carbocycles. The molecule has 0 aliphatic rings. The van der Waals surface area contributed by atoms with E-state index in [1.807, 2.05) is 19.1 Å². The van der Waals surface area contributed by atoms with Gasteiger partial charge in [0.25, 0.3) is 0 Å². The molecule has 3 N–H and O–H groups in total. The Morgan fingerprint density at radius 3 is 2.92 bits per heavy atom. The van der Waals surface area contributed by atoms with Crippen LogP contribution in [0.15, 0.2) is 18.2 Å². The Labute approximate surface area is 78.2 Å². The summed E-state index contributed by atoms with van der Waals surface area (Å²) in [7, 11) is 0. The smallest absolute Gasteiger partial charge is 0.101 e. The molecule has 0 fully saturated rings. The van der Waals surface area contributed by atoms with E-state index in [1.165, 1.54) is 0 Å². The quantitative estimate of drug-likeness (QED) is 0.726. The summed E-state index contributed by atoms with van der Waals surface area (Å²) in [6.45, 7) is 3.23. The summed E-state index contributed by atoms with van der Waals surface area (Å²) < 4.78 is 0. The Morgan fingerprint density at radius 2 is 2.31 bits per heavy atom. The number of hydrogen-bond acceptors (Lipinski definition) is 3. The van der Waals surface area contributed by atoms with Crippen LogP contribution in [0.25, 0.3) is 0 Å². The van der Waals surface area contributed by atoms with Gasteiger partial charge in [-0.05, 0) is 18.6 Å². The summed E-state index contributed by atoms with van der Waals surface area (Å²) in [5.41, 5.74) is 8.02. The number of nitriles is 1. The SMILES string of the molecule is Cc1cccc(C#N)c1NCCN. The van der Waals surface area contributed by atoms with Gasteiger partial charge in [0.05, 0.1) is 11.3 Å². The van der Waals surface area contributed by atoms with Crippen LogP contribution < -0.4 is 11.1 Å². The zero-order chi connectivity index (χ0) is 9.68. The number of rotatable bonds is 3. The highest BCUT2D eigenvalue weighted by Crippen LogP contribution is 2.18. The van der Waals surface area contributed by atoms with E-state index >= 15 is 0 Å². The van der Waals surface area contributed by atoms with Crippen molar-refractivity contribution in [3.63, 3.8) is 0 Å². The van der Waals surface area contributed by atoms with E-state index in [0.717, 1.165) is 11.3 Å². The summed E-state index contributed by atoms with van der Waals surface area (Å²) in [6.07, 6.45) is 0. The lowest BCUT2D eigenvalue weighted by Gasteiger charge is -2.09. The van der Waals surface area contributed by atoms with E-state index in [4.69, 9.17) is 11.0 Å². The lowest BCUT2D eigenvalue weighted by Crippen LogP contribution is -2.14. The molecule has 3 nitrogen and oxygen atoms in total. The summed E-state index contributed by atoms with van der Waals surface area (Å²) in [6, 6.07) is 7.79. The second-order valence-corrected chi connectivity index (χ2v) is 2.82. The lowest BCUT2D eigenvalue weighted by molar-refractivity contribution is 1.02. The van der Waals surface area contributed by atoms with Gasteiger partial charge in [0, 0.05) is 13.1 Å². The van der Waals surface area contributed by atoms with Crippen LogP contribution in [0.1, 0.15) is 11.1 Å².